The molecule has 5 nitrogen and oxygen atoms in total. The van der Waals surface area contributed by atoms with Crippen molar-refractivity contribution in [2.45, 2.75) is 6.04 Å². The van der Waals surface area contributed by atoms with E-state index in [0.717, 1.165) is 15.8 Å². The van der Waals surface area contributed by atoms with Crippen LogP contribution in [0.15, 0.2) is 27.7 Å². The number of nitrogens with zero attached hydrogens (tertiary/aromatic N) is 2. The van der Waals surface area contributed by atoms with Crippen LogP contribution in [-0.2, 0) is 0 Å². The minimum atomic E-state index is -0.324. The van der Waals surface area contributed by atoms with Gasteiger partial charge in [0.25, 0.3) is 0 Å². The normalized spacial score (nSPS) is 19.5. The lowest BCUT2D eigenvalue weighted by molar-refractivity contribution is 0.218. The van der Waals surface area contributed by atoms with Crippen LogP contribution in [0.2, 0.25) is 0 Å². The number of amides is 2. The second-order valence-corrected chi connectivity index (χ2v) is 4.57. The number of rotatable bonds is 2. The molecule has 1 atom stereocenters. The number of nitrogens with two attached hydrogens (primary N) is 1. The maximum absolute atomic E-state index is 11.4. The quantitative estimate of drug-likeness (QED) is 0.907. The first-order chi connectivity index (χ1) is 8.04. The van der Waals surface area contributed by atoms with Gasteiger partial charge in [-0.15, -0.1) is 0 Å². The summed E-state index contributed by atoms with van der Waals surface area (Å²) in [6, 6.07) is 4.88. The van der Waals surface area contributed by atoms with Crippen LogP contribution in [0, 0.1) is 0 Å². The summed E-state index contributed by atoms with van der Waals surface area (Å²) < 4.78 is 5.95. The fraction of sp³-hybridized carbons (Fsp3) is 0.273. The Bertz CT molecular complexity index is 501. The van der Waals surface area contributed by atoms with E-state index in [2.05, 4.69) is 20.9 Å². The van der Waals surface area contributed by atoms with Crippen molar-refractivity contribution in [2.75, 3.05) is 14.2 Å². The van der Waals surface area contributed by atoms with Crippen LogP contribution in [-0.4, -0.2) is 30.9 Å². The molecule has 6 heteroatoms. The Morgan fingerprint density at radius 1 is 1.53 bits per heavy atom. The molecule has 1 aliphatic rings. The van der Waals surface area contributed by atoms with E-state index >= 15 is 0 Å². The van der Waals surface area contributed by atoms with Crippen molar-refractivity contribution in [1.29, 1.82) is 0 Å². The zero-order valence-corrected chi connectivity index (χ0v) is 11.1. The highest BCUT2D eigenvalue weighted by Crippen LogP contribution is 2.33. The molecule has 0 aromatic heterocycles. The molecule has 2 amide bonds. The number of aliphatic imine (C=N–C) groups is 1. The van der Waals surface area contributed by atoms with Crippen molar-refractivity contribution in [3.05, 3.63) is 28.2 Å². The van der Waals surface area contributed by atoms with Crippen molar-refractivity contribution < 1.29 is 9.53 Å². The predicted octanol–water partition coefficient (Wildman–Crippen LogP) is 1.92. The van der Waals surface area contributed by atoms with Gasteiger partial charge in [0, 0.05) is 11.5 Å². The summed E-state index contributed by atoms with van der Waals surface area (Å²) >= 11 is 3.44. The third-order valence-electron chi connectivity index (χ3n) is 2.70. The highest BCUT2D eigenvalue weighted by Gasteiger charge is 2.32. The number of urea groups is 1. The third-order valence-corrected chi connectivity index (χ3v) is 3.38. The lowest BCUT2D eigenvalue weighted by atomic mass is 10.1. The van der Waals surface area contributed by atoms with Crippen LogP contribution in [0.25, 0.3) is 0 Å². The molecule has 0 spiro atoms. The lowest BCUT2D eigenvalue weighted by Gasteiger charge is -2.21. The highest BCUT2D eigenvalue weighted by atomic mass is 79.9. The standard InChI is InChI=1S/C11H12BrN3O2/c1-15-9(10(13)14-11(15)16)7-4-3-6(17-2)5-8(7)12/h3-5,9H,1-2H3,(H2,13,14,16). The average molecular weight is 298 g/mol. The van der Waals surface area contributed by atoms with Gasteiger partial charge >= 0.3 is 6.03 Å². The van der Waals surface area contributed by atoms with Gasteiger partial charge in [-0.1, -0.05) is 22.0 Å². The average Bonchev–Trinajstić information content (AvgIpc) is 2.54. The molecular formula is C11H12BrN3O2. The Hall–Kier alpha value is -1.56. The molecule has 1 aromatic carbocycles. The number of amidine groups is 1. The Balaban J connectivity index is 2.41. The fourth-order valence-electron chi connectivity index (χ4n) is 1.78. The van der Waals surface area contributed by atoms with Crippen molar-refractivity contribution in [2.24, 2.45) is 10.7 Å². The monoisotopic (exact) mass is 297 g/mol. The molecule has 1 unspecified atom stereocenters. The van der Waals surface area contributed by atoms with Gasteiger partial charge in [-0.3, -0.25) is 0 Å². The zero-order chi connectivity index (χ0) is 12.6. The van der Waals surface area contributed by atoms with Crippen LogP contribution in [0.1, 0.15) is 11.6 Å². The molecule has 1 heterocycles. The summed E-state index contributed by atoms with van der Waals surface area (Å²) in [6.07, 6.45) is 0. The SMILES string of the molecule is COc1ccc(C2C(N)=NC(=O)N2C)c(Br)c1. The summed E-state index contributed by atoms with van der Waals surface area (Å²) in [4.78, 5) is 16.7. The van der Waals surface area contributed by atoms with E-state index in [1.807, 2.05) is 18.2 Å². The van der Waals surface area contributed by atoms with E-state index in [1.54, 1.807) is 14.2 Å². The second-order valence-electron chi connectivity index (χ2n) is 3.72. The number of carbonyl (C=O) groups excluding carboxylic acids is 1. The second kappa shape index (κ2) is 4.37. The van der Waals surface area contributed by atoms with E-state index in [9.17, 15) is 4.79 Å². The summed E-state index contributed by atoms with van der Waals surface area (Å²) in [5.74, 6) is 1.05. The largest absolute Gasteiger partial charge is 0.497 e. The highest BCUT2D eigenvalue weighted by molar-refractivity contribution is 9.10. The van der Waals surface area contributed by atoms with Gasteiger partial charge < -0.3 is 15.4 Å². The van der Waals surface area contributed by atoms with Crippen LogP contribution < -0.4 is 10.5 Å². The van der Waals surface area contributed by atoms with Gasteiger partial charge in [-0.05, 0) is 17.7 Å². The van der Waals surface area contributed by atoms with E-state index < -0.39 is 0 Å². The number of hydrogen-bond donors (Lipinski definition) is 1. The first-order valence-electron chi connectivity index (χ1n) is 4.99. The number of ether oxygens (including phenoxy) is 1. The van der Waals surface area contributed by atoms with E-state index in [4.69, 9.17) is 10.5 Å². The number of benzene rings is 1. The van der Waals surface area contributed by atoms with Gasteiger partial charge in [0.1, 0.15) is 17.6 Å². The van der Waals surface area contributed by atoms with E-state index in [1.165, 1.54) is 4.90 Å². The topological polar surface area (TPSA) is 67.9 Å². The van der Waals surface area contributed by atoms with Gasteiger partial charge in [-0.25, -0.2) is 4.79 Å². The minimum absolute atomic E-state index is 0.309. The van der Waals surface area contributed by atoms with Crippen molar-refractivity contribution in [1.82, 2.24) is 4.90 Å². The molecular weight excluding hydrogens is 286 g/mol. The fourth-order valence-corrected chi connectivity index (χ4v) is 2.36. The van der Waals surface area contributed by atoms with E-state index in [-0.39, 0.29) is 12.1 Å². The van der Waals surface area contributed by atoms with Crippen LogP contribution in [0.3, 0.4) is 0 Å². The summed E-state index contributed by atoms with van der Waals surface area (Å²) in [6.45, 7) is 0. The molecule has 2 rings (SSSR count). The molecule has 0 saturated heterocycles. The zero-order valence-electron chi connectivity index (χ0n) is 9.48. The van der Waals surface area contributed by atoms with Crippen LogP contribution in [0.5, 0.6) is 5.75 Å². The molecule has 1 aromatic rings. The van der Waals surface area contributed by atoms with Crippen molar-refractivity contribution >= 4 is 27.8 Å². The van der Waals surface area contributed by atoms with E-state index in [0.29, 0.717) is 5.84 Å². The lowest BCUT2D eigenvalue weighted by Crippen LogP contribution is -2.30. The number of likely N-dealkylation sites (N-methyl/N-ethyl adjacent to an activating group) is 1. The van der Waals surface area contributed by atoms with Gasteiger partial charge in [0.2, 0.25) is 0 Å². The maximum atomic E-state index is 11.4. The van der Waals surface area contributed by atoms with Crippen molar-refractivity contribution in [3.8, 4) is 5.75 Å². The Labute approximate surface area is 107 Å². The molecule has 90 valence electrons. The summed E-state index contributed by atoms with van der Waals surface area (Å²) in [5.41, 5.74) is 6.66. The molecule has 17 heavy (non-hydrogen) atoms. The number of methoxy groups -OCH3 is 1. The molecule has 0 fully saturated rings. The number of carbonyl (C=O) groups is 1. The molecule has 0 saturated carbocycles. The molecule has 2 N–H and O–H groups in total. The summed E-state index contributed by atoms with van der Waals surface area (Å²) in [5, 5.41) is 0. The summed E-state index contributed by atoms with van der Waals surface area (Å²) in [7, 11) is 3.27. The van der Waals surface area contributed by atoms with Crippen molar-refractivity contribution in [3.63, 3.8) is 0 Å². The maximum Gasteiger partial charge on any atom is 0.345 e. The number of halogens is 1. The van der Waals surface area contributed by atoms with Gasteiger partial charge in [0.15, 0.2) is 0 Å². The molecule has 1 aliphatic heterocycles. The third kappa shape index (κ3) is 2.00. The van der Waals surface area contributed by atoms with Crippen LogP contribution >= 0.6 is 15.9 Å². The Morgan fingerprint density at radius 2 is 2.24 bits per heavy atom. The Kier molecular flexibility index (Phi) is 3.06. The number of hydrogen-bond acceptors (Lipinski definition) is 3. The molecule has 0 aliphatic carbocycles. The van der Waals surface area contributed by atoms with Gasteiger partial charge in [-0.2, -0.15) is 4.99 Å². The predicted molar refractivity (Wildman–Crippen MR) is 68.2 cm³/mol. The Morgan fingerprint density at radius 3 is 2.71 bits per heavy atom. The minimum Gasteiger partial charge on any atom is -0.497 e. The molecule has 0 bridgehead atoms. The van der Waals surface area contributed by atoms with Gasteiger partial charge in [0.05, 0.1) is 7.11 Å². The molecule has 0 radical (unpaired) electrons. The first-order valence-corrected chi connectivity index (χ1v) is 5.78. The first kappa shape index (κ1) is 11.9. The smallest absolute Gasteiger partial charge is 0.345 e. The van der Waals surface area contributed by atoms with Crippen LogP contribution in [0.4, 0.5) is 4.79 Å².